The van der Waals surface area contributed by atoms with Gasteiger partial charge in [0.25, 0.3) is 0 Å². The number of carbonyl (C=O) groups is 1. The van der Waals surface area contributed by atoms with E-state index in [1.54, 1.807) is 11.8 Å². The minimum atomic E-state index is -0.383. The van der Waals surface area contributed by atoms with E-state index in [1.807, 2.05) is 18.2 Å². The van der Waals surface area contributed by atoms with Crippen molar-refractivity contribution in [3.63, 3.8) is 0 Å². The standard InChI is InChI=1S/C14H22N2OS/c1-11(2)10-13(15)14(17)16-8-9-18-12-6-4-3-5-7-12/h3-7,11,13H,8-10,15H2,1-2H3,(H,16,17)/t13-/m1/s1. The van der Waals surface area contributed by atoms with Crippen LogP contribution < -0.4 is 11.1 Å². The number of nitrogens with one attached hydrogen (secondary N) is 1. The van der Waals surface area contributed by atoms with E-state index in [4.69, 9.17) is 5.73 Å². The lowest BCUT2D eigenvalue weighted by Crippen LogP contribution is -2.42. The molecule has 0 spiro atoms. The molecule has 1 atom stereocenters. The van der Waals surface area contributed by atoms with Gasteiger partial charge in [0.1, 0.15) is 0 Å². The van der Waals surface area contributed by atoms with Crippen molar-refractivity contribution >= 4 is 17.7 Å². The van der Waals surface area contributed by atoms with Gasteiger partial charge in [0.15, 0.2) is 0 Å². The summed E-state index contributed by atoms with van der Waals surface area (Å²) in [6.45, 7) is 4.79. The number of nitrogens with two attached hydrogens (primary N) is 1. The van der Waals surface area contributed by atoms with Crippen LogP contribution in [-0.2, 0) is 4.79 Å². The Morgan fingerprint density at radius 3 is 2.61 bits per heavy atom. The maximum absolute atomic E-state index is 11.6. The topological polar surface area (TPSA) is 55.1 Å². The monoisotopic (exact) mass is 266 g/mol. The van der Waals surface area contributed by atoms with Crippen LogP contribution in [0.1, 0.15) is 20.3 Å². The van der Waals surface area contributed by atoms with Crippen molar-refractivity contribution in [3.8, 4) is 0 Å². The molecule has 4 heteroatoms. The summed E-state index contributed by atoms with van der Waals surface area (Å²) in [7, 11) is 0. The fourth-order valence-electron chi connectivity index (χ4n) is 1.61. The van der Waals surface area contributed by atoms with E-state index in [0.29, 0.717) is 12.5 Å². The number of carbonyl (C=O) groups excluding carboxylic acids is 1. The van der Waals surface area contributed by atoms with Crippen molar-refractivity contribution in [3.05, 3.63) is 30.3 Å². The summed E-state index contributed by atoms with van der Waals surface area (Å²) in [4.78, 5) is 12.9. The molecule has 1 aromatic rings. The molecular weight excluding hydrogens is 244 g/mol. The molecule has 0 saturated carbocycles. The van der Waals surface area contributed by atoms with Gasteiger partial charge in [-0.1, -0.05) is 32.0 Å². The van der Waals surface area contributed by atoms with Crippen molar-refractivity contribution in [2.24, 2.45) is 11.7 Å². The largest absolute Gasteiger partial charge is 0.354 e. The Kier molecular flexibility index (Phi) is 6.83. The molecule has 1 aromatic carbocycles. The molecule has 0 unspecified atom stereocenters. The maximum Gasteiger partial charge on any atom is 0.236 e. The fraction of sp³-hybridized carbons (Fsp3) is 0.500. The maximum atomic E-state index is 11.6. The molecule has 0 aliphatic rings. The SMILES string of the molecule is CC(C)C[C@@H](N)C(=O)NCCSc1ccccc1. The van der Waals surface area contributed by atoms with Gasteiger partial charge in [-0.3, -0.25) is 4.79 Å². The number of amides is 1. The van der Waals surface area contributed by atoms with Gasteiger partial charge in [-0.05, 0) is 24.5 Å². The molecule has 0 bridgehead atoms. The Morgan fingerprint density at radius 2 is 2.00 bits per heavy atom. The second-order valence-corrected chi connectivity index (χ2v) is 5.86. The minimum absolute atomic E-state index is 0.0441. The van der Waals surface area contributed by atoms with Crippen LogP contribution in [0, 0.1) is 5.92 Å². The van der Waals surface area contributed by atoms with Crippen molar-refractivity contribution in [2.45, 2.75) is 31.2 Å². The van der Waals surface area contributed by atoms with E-state index in [0.717, 1.165) is 12.2 Å². The van der Waals surface area contributed by atoms with Crippen LogP contribution in [0.25, 0.3) is 0 Å². The van der Waals surface area contributed by atoms with Gasteiger partial charge in [-0.2, -0.15) is 0 Å². The molecule has 0 aromatic heterocycles. The third-order valence-electron chi connectivity index (χ3n) is 2.48. The van der Waals surface area contributed by atoms with Crippen LogP contribution in [0.2, 0.25) is 0 Å². The fourth-order valence-corrected chi connectivity index (χ4v) is 2.40. The molecule has 0 aliphatic carbocycles. The molecule has 0 heterocycles. The minimum Gasteiger partial charge on any atom is -0.354 e. The summed E-state index contributed by atoms with van der Waals surface area (Å²) in [5.74, 6) is 1.27. The van der Waals surface area contributed by atoms with Gasteiger partial charge in [-0.15, -0.1) is 11.8 Å². The number of hydrogen-bond donors (Lipinski definition) is 2. The normalized spacial score (nSPS) is 12.4. The molecule has 3 N–H and O–H groups in total. The third kappa shape index (κ3) is 6.07. The first-order valence-corrected chi connectivity index (χ1v) is 7.29. The summed E-state index contributed by atoms with van der Waals surface area (Å²) >= 11 is 1.73. The molecule has 1 rings (SSSR count). The van der Waals surface area contributed by atoms with Crippen molar-refractivity contribution < 1.29 is 4.79 Å². The first kappa shape index (κ1) is 15.1. The average molecular weight is 266 g/mol. The van der Waals surface area contributed by atoms with Crippen LogP contribution in [-0.4, -0.2) is 24.2 Å². The third-order valence-corrected chi connectivity index (χ3v) is 3.49. The van der Waals surface area contributed by atoms with Gasteiger partial charge < -0.3 is 11.1 Å². The van der Waals surface area contributed by atoms with Crippen molar-refractivity contribution in [1.29, 1.82) is 0 Å². The molecule has 3 nitrogen and oxygen atoms in total. The molecule has 18 heavy (non-hydrogen) atoms. The highest BCUT2D eigenvalue weighted by Crippen LogP contribution is 2.15. The van der Waals surface area contributed by atoms with E-state index < -0.39 is 0 Å². The van der Waals surface area contributed by atoms with Gasteiger partial charge in [0.05, 0.1) is 6.04 Å². The summed E-state index contributed by atoms with van der Waals surface area (Å²) in [6, 6.07) is 9.77. The Morgan fingerprint density at radius 1 is 1.33 bits per heavy atom. The first-order chi connectivity index (χ1) is 8.59. The second kappa shape index (κ2) is 8.16. The number of hydrogen-bond acceptors (Lipinski definition) is 3. The van der Waals surface area contributed by atoms with Gasteiger partial charge in [0.2, 0.25) is 5.91 Å². The molecule has 1 amide bonds. The predicted octanol–water partition coefficient (Wildman–Crippen LogP) is 2.27. The van der Waals surface area contributed by atoms with Crippen molar-refractivity contribution in [1.82, 2.24) is 5.32 Å². The lowest BCUT2D eigenvalue weighted by atomic mass is 10.0. The Bertz CT molecular complexity index is 354. The van der Waals surface area contributed by atoms with Crippen LogP contribution in [0.5, 0.6) is 0 Å². The smallest absolute Gasteiger partial charge is 0.236 e. The highest BCUT2D eigenvalue weighted by molar-refractivity contribution is 7.99. The lowest BCUT2D eigenvalue weighted by molar-refractivity contribution is -0.122. The van der Waals surface area contributed by atoms with Crippen LogP contribution >= 0.6 is 11.8 Å². The summed E-state index contributed by atoms with van der Waals surface area (Å²) in [5, 5.41) is 2.87. The molecular formula is C14H22N2OS. The van der Waals surface area contributed by atoms with Gasteiger partial charge >= 0.3 is 0 Å². The highest BCUT2D eigenvalue weighted by Gasteiger charge is 2.13. The predicted molar refractivity (Wildman–Crippen MR) is 77.6 cm³/mol. The Hall–Kier alpha value is -1.00. The zero-order chi connectivity index (χ0) is 13.4. The summed E-state index contributed by atoms with van der Waals surface area (Å²) in [6.07, 6.45) is 0.734. The number of thioether (sulfide) groups is 1. The quantitative estimate of drug-likeness (QED) is 0.588. The molecule has 100 valence electrons. The highest BCUT2D eigenvalue weighted by atomic mass is 32.2. The Labute approximate surface area is 114 Å². The molecule has 0 radical (unpaired) electrons. The van der Waals surface area contributed by atoms with E-state index in [2.05, 4.69) is 31.3 Å². The second-order valence-electron chi connectivity index (χ2n) is 4.69. The summed E-state index contributed by atoms with van der Waals surface area (Å²) < 4.78 is 0. The molecule has 0 fully saturated rings. The molecule has 0 aliphatic heterocycles. The lowest BCUT2D eigenvalue weighted by Gasteiger charge is -2.13. The van der Waals surface area contributed by atoms with E-state index in [9.17, 15) is 4.79 Å². The number of benzene rings is 1. The van der Waals surface area contributed by atoms with Gasteiger partial charge in [0, 0.05) is 17.2 Å². The number of rotatable bonds is 7. The first-order valence-electron chi connectivity index (χ1n) is 6.30. The van der Waals surface area contributed by atoms with Crippen LogP contribution in [0.3, 0.4) is 0 Å². The van der Waals surface area contributed by atoms with Crippen LogP contribution in [0.15, 0.2) is 35.2 Å². The van der Waals surface area contributed by atoms with Crippen molar-refractivity contribution in [2.75, 3.05) is 12.3 Å². The average Bonchev–Trinajstić information content (AvgIpc) is 2.34. The van der Waals surface area contributed by atoms with E-state index in [-0.39, 0.29) is 11.9 Å². The van der Waals surface area contributed by atoms with E-state index in [1.165, 1.54) is 4.90 Å². The Balaban J connectivity index is 2.16. The zero-order valence-electron chi connectivity index (χ0n) is 11.1. The molecule has 0 saturated heterocycles. The van der Waals surface area contributed by atoms with Gasteiger partial charge in [-0.25, -0.2) is 0 Å². The summed E-state index contributed by atoms with van der Waals surface area (Å²) in [5.41, 5.74) is 5.79. The van der Waals surface area contributed by atoms with Crippen LogP contribution in [0.4, 0.5) is 0 Å². The van der Waals surface area contributed by atoms with E-state index >= 15 is 0 Å². The zero-order valence-corrected chi connectivity index (χ0v) is 11.9.